The lowest BCUT2D eigenvalue weighted by Gasteiger charge is -2.19. The third-order valence-electron chi connectivity index (χ3n) is 2.89. The number of hydrogen-bond donors (Lipinski definition) is 2. The second-order valence-corrected chi connectivity index (χ2v) is 4.93. The van der Waals surface area contributed by atoms with E-state index in [1.165, 1.54) is 0 Å². The molecule has 1 aromatic heterocycles. The molecule has 2 rings (SSSR count). The van der Waals surface area contributed by atoms with Gasteiger partial charge in [0.05, 0.1) is 18.8 Å². The topological polar surface area (TPSA) is 58.0 Å². The Bertz CT molecular complexity index is 508. The van der Waals surface area contributed by atoms with Crippen molar-refractivity contribution in [3.63, 3.8) is 0 Å². The normalized spacial score (nSPS) is 12.9. The second kappa shape index (κ2) is 5.78. The molecule has 4 heteroatoms. The SMILES string of the molecule is CC(C)CC(CO)Nc1nncc2ccccc12. The molecular weight excluding hydrogens is 226 g/mol. The monoisotopic (exact) mass is 245 g/mol. The van der Waals surface area contributed by atoms with E-state index in [1.54, 1.807) is 6.20 Å². The highest BCUT2D eigenvalue weighted by atomic mass is 16.3. The quantitative estimate of drug-likeness (QED) is 0.849. The molecule has 0 saturated heterocycles. The van der Waals surface area contributed by atoms with Gasteiger partial charge in [-0.15, -0.1) is 5.10 Å². The summed E-state index contributed by atoms with van der Waals surface area (Å²) in [6, 6.07) is 7.99. The molecule has 4 nitrogen and oxygen atoms in total. The van der Waals surface area contributed by atoms with Crippen molar-refractivity contribution >= 4 is 16.6 Å². The first-order valence-electron chi connectivity index (χ1n) is 6.28. The number of aliphatic hydroxyl groups is 1. The third kappa shape index (κ3) is 2.96. The zero-order valence-corrected chi connectivity index (χ0v) is 10.8. The molecule has 1 atom stereocenters. The van der Waals surface area contributed by atoms with E-state index in [4.69, 9.17) is 0 Å². The van der Waals surface area contributed by atoms with Gasteiger partial charge in [-0.2, -0.15) is 5.10 Å². The van der Waals surface area contributed by atoms with Gasteiger partial charge in [-0.25, -0.2) is 0 Å². The molecule has 0 spiro atoms. The van der Waals surface area contributed by atoms with E-state index in [0.717, 1.165) is 23.0 Å². The zero-order chi connectivity index (χ0) is 13.0. The number of hydrogen-bond acceptors (Lipinski definition) is 4. The molecule has 0 aliphatic rings. The molecule has 1 heterocycles. The van der Waals surface area contributed by atoms with Crippen molar-refractivity contribution in [2.45, 2.75) is 26.3 Å². The highest BCUT2D eigenvalue weighted by Gasteiger charge is 2.12. The summed E-state index contributed by atoms with van der Waals surface area (Å²) in [5.41, 5.74) is 0. The van der Waals surface area contributed by atoms with E-state index < -0.39 is 0 Å². The van der Waals surface area contributed by atoms with Gasteiger partial charge < -0.3 is 10.4 Å². The molecule has 2 aromatic rings. The average Bonchev–Trinajstić information content (AvgIpc) is 2.38. The maximum atomic E-state index is 9.40. The van der Waals surface area contributed by atoms with E-state index in [0.29, 0.717) is 5.92 Å². The molecule has 0 aliphatic heterocycles. The number of fused-ring (bicyclic) bond motifs is 1. The Morgan fingerprint density at radius 1 is 1.28 bits per heavy atom. The summed E-state index contributed by atoms with van der Waals surface area (Å²) in [4.78, 5) is 0. The van der Waals surface area contributed by atoms with Crippen LogP contribution < -0.4 is 5.32 Å². The summed E-state index contributed by atoms with van der Waals surface area (Å²) in [5.74, 6) is 1.27. The van der Waals surface area contributed by atoms with Gasteiger partial charge in [0.15, 0.2) is 5.82 Å². The molecule has 2 N–H and O–H groups in total. The van der Waals surface area contributed by atoms with Crippen LogP contribution in [-0.2, 0) is 0 Å². The molecule has 18 heavy (non-hydrogen) atoms. The highest BCUT2D eigenvalue weighted by Crippen LogP contribution is 2.21. The van der Waals surface area contributed by atoms with Crippen LogP contribution >= 0.6 is 0 Å². The van der Waals surface area contributed by atoms with E-state index >= 15 is 0 Å². The van der Waals surface area contributed by atoms with Crippen molar-refractivity contribution < 1.29 is 5.11 Å². The Morgan fingerprint density at radius 2 is 2.06 bits per heavy atom. The largest absolute Gasteiger partial charge is 0.394 e. The van der Waals surface area contributed by atoms with Gasteiger partial charge in [-0.3, -0.25) is 0 Å². The lowest BCUT2D eigenvalue weighted by atomic mass is 10.0. The first-order valence-corrected chi connectivity index (χ1v) is 6.28. The van der Waals surface area contributed by atoms with Crippen LogP contribution in [0, 0.1) is 5.92 Å². The lowest BCUT2D eigenvalue weighted by molar-refractivity contribution is 0.259. The Hall–Kier alpha value is -1.68. The Labute approximate surface area is 107 Å². The van der Waals surface area contributed by atoms with Crippen LogP contribution in [0.4, 0.5) is 5.82 Å². The van der Waals surface area contributed by atoms with Crippen LogP contribution in [0.1, 0.15) is 20.3 Å². The van der Waals surface area contributed by atoms with Crippen molar-refractivity contribution in [1.29, 1.82) is 0 Å². The Balaban J connectivity index is 2.25. The van der Waals surface area contributed by atoms with Crippen LogP contribution in [-0.4, -0.2) is 28.0 Å². The molecular formula is C14H19N3O. The number of nitrogens with one attached hydrogen (secondary N) is 1. The fourth-order valence-corrected chi connectivity index (χ4v) is 2.08. The summed E-state index contributed by atoms with van der Waals surface area (Å²) < 4.78 is 0. The van der Waals surface area contributed by atoms with Crippen LogP contribution in [0.2, 0.25) is 0 Å². The molecule has 96 valence electrons. The first kappa shape index (κ1) is 12.8. The maximum absolute atomic E-state index is 9.40. The fourth-order valence-electron chi connectivity index (χ4n) is 2.08. The van der Waals surface area contributed by atoms with Crippen LogP contribution in [0.3, 0.4) is 0 Å². The van der Waals surface area contributed by atoms with E-state index in [9.17, 15) is 5.11 Å². The molecule has 0 amide bonds. The van der Waals surface area contributed by atoms with Gasteiger partial charge in [0.25, 0.3) is 0 Å². The smallest absolute Gasteiger partial charge is 0.156 e. The van der Waals surface area contributed by atoms with Crippen molar-refractivity contribution in [3.8, 4) is 0 Å². The van der Waals surface area contributed by atoms with Crippen molar-refractivity contribution in [1.82, 2.24) is 10.2 Å². The molecule has 0 bridgehead atoms. The van der Waals surface area contributed by atoms with Gasteiger partial charge in [0.1, 0.15) is 0 Å². The minimum atomic E-state index is 0.0186. The third-order valence-corrected chi connectivity index (χ3v) is 2.89. The minimum absolute atomic E-state index is 0.0186. The number of benzene rings is 1. The van der Waals surface area contributed by atoms with Gasteiger partial charge in [-0.05, 0) is 12.3 Å². The zero-order valence-electron chi connectivity index (χ0n) is 10.8. The van der Waals surface area contributed by atoms with Gasteiger partial charge in [0, 0.05) is 10.8 Å². The average molecular weight is 245 g/mol. The second-order valence-electron chi connectivity index (χ2n) is 4.93. The van der Waals surface area contributed by atoms with Crippen molar-refractivity contribution in [3.05, 3.63) is 30.5 Å². The van der Waals surface area contributed by atoms with E-state index in [2.05, 4.69) is 29.4 Å². The summed E-state index contributed by atoms with van der Waals surface area (Å²) in [7, 11) is 0. The molecule has 1 aromatic carbocycles. The number of aromatic nitrogens is 2. The predicted molar refractivity (Wildman–Crippen MR) is 73.5 cm³/mol. The summed E-state index contributed by atoms with van der Waals surface area (Å²) in [6.07, 6.45) is 2.65. The van der Waals surface area contributed by atoms with Crippen LogP contribution in [0.5, 0.6) is 0 Å². The van der Waals surface area contributed by atoms with Crippen LogP contribution in [0.25, 0.3) is 10.8 Å². The molecule has 0 aliphatic carbocycles. The molecule has 0 fully saturated rings. The Kier molecular flexibility index (Phi) is 4.10. The van der Waals surface area contributed by atoms with Crippen molar-refractivity contribution in [2.24, 2.45) is 5.92 Å². The maximum Gasteiger partial charge on any atom is 0.156 e. The molecule has 1 unspecified atom stereocenters. The van der Waals surface area contributed by atoms with Crippen molar-refractivity contribution in [2.75, 3.05) is 11.9 Å². The standard InChI is InChI=1S/C14H19N3O/c1-10(2)7-12(9-18)16-14-13-6-4-3-5-11(13)8-15-17-14/h3-6,8,10,12,18H,7,9H2,1-2H3,(H,16,17). The first-order chi connectivity index (χ1) is 8.70. The molecule has 0 saturated carbocycles. The van der Waals surface area contributed by atoms with E-state index in [1.807, 2.05) is 24.3 Å². The summed E-state index contributed by atoms with van der Waals surface area (Å²) in [6.45, 7) is 4.38. The summed E-state index contributed by atoms with van der Waals surface area (Å²) >= 11 is 0. The van der Waals surface area contributed by atoms with Gasteiger partial charge in [-0.1, -0.05) is 38.1 Å². The molecule has 0 radical (unpaired) electrons. The summed E-state index contributed by atoms with van der Waals surface area (Å²) in [5, 5.41) is 22.9. The number of nitrogens with zero attached hydrogens (tertiary/aromatic N) is 2. The van der Waals surface area contributed by atoms with Gasteiger partial charge >= 0.3 is 0 Å². The minimum Gasteiger partial charge on any atom is -0.394 e. The lowest BCUT2D eigenvalue weighted by Crippen LogP contribution is -2.26. The number of rotatable bonds is 5. The van der Waals surface area contributed by atoms with Crippen LogP contribution in [0.15, 0.2) is 30.5 Å². The highest BCUT2D eigenvalue weighted by molar-refractivity contribution is 5.90. The predicted octanol–water partition coefficient (Wildman–Crippen LogP) is 2.45. The number of anilines is 1. The van der Waals surface area contributed by atoms with E-state index in [-0.39, 0.29) is 12.6 Å². The number of aliphatic hydroxyl groups excluding tert-OH is 1. The Morgan fingerprint density at radius 3 is 2.78 bits per heavy atom. The van der Waals surface area contributed by atoms with Gasteiger partial charge in [0.2, 0.25) is 0 Å². The fraction of sp³-hybridized carbons (Fsp3) is 0.429.